The Labute approximate surface area is 187 Å². The average molecular weight is 483 g/mol. The van der Waals surface area contributed by atoms with Gasteiger partial charge in [-0.3, -0.25) is 4.79 Å². The molecule has 0 heterocycles. The minimum atomic E-state index is -0.524. The Balaban J connectivity index is 1.59. The fraction of sp³-hybridized carbons (Fsp3) is 0.0870. The van der Waals surface area contributed by atoms with Gasteiger partial charge in [-0.25, -0.2) is 10.2 Å². The molecule has 31 heavy (non-hydrogen) atoms. The summed E-state index contributed by atoms with van der Waals surface area (Å²) in [5.41, 5.74) is 4.01. The van der Waals surface area contributed by atoms with E-state index in [1.54, 1.807) is 60.7 Å². The molecule has 0 radical (unpaired) electrons. The van der Waals surface area contributed by atoms with Crippen molar-refractivity contribution in [2.75, 3.05) is 14.2 Å². The monoisotopic (exact) mass is 482 g/mol. The molecule has 3 rings (SSSR count). The van der Waals surface area contributed by atoms with Crippen LogP contribution in [-0.2, 0) is 0 Å². The number of benzene rings is 3. The first-order chi connectivity index (χ1) is 15.0. The molecule has 0 saturated heterocycles. The van der Waals surface area contributed by atoms with Crippen LogP contribution in [0, 0.1) is 0 Å². The van der Waals surface area contributed by atoms with Gasteiger partial charge in [0.1, 0.15) is 5.75 Å². The highest BCUT2D eigenvalue weighted by molar-refractivity contribution is 9.10. The van der Waals surface area contributed by atoms with Crippen molar-refractivity contribution in [2.45, 2.75) is 0 Å². The summed E-state index contributed by atoms with van der Waals surface area (Å²) in [4.78, 5) is 24.4. The van der Waals surface area contributed by atoms with E-state index in [0.29, 0.717) is 28.4 Å². The second kappa shape index (κ2) is 10.4. The minimum absolute atomic E-state index is 0.321. The summed E-state index contributed by atoms with van der Waals surface area (Å²) in [6, 6.07) is 18.5. The largest absolute Gasteiger partial charge is 0.493 e. The van der Waals surface area contributed by atoms with Gasteiger partial charge in [0.25, 0.3) is 5.91 Å². The highest BCUT2D eigenvalue weighted by atomic mass is 79.9. The lowest BCUT2D eigenvalue weighted by Crippen LogP contribution is -2.17. The highest BCUT2D eigenvalue weighted by Crippen LogP contribution is 2.28. The molecule has 0 atom stereocenters. The Morgan fingerprint density at radius 2 is 1.65 bits per heavy atom. The molecular weight excluding hydrogens is 464 g/mol. The van der Waals surface area contributed by atoms with Crippen LogP contribution in [0.2, 0.25) is 0 Å². The normalized spacial score (nSPS) is 10.5. The van der Waals surface area contributed by atoms with Crippen molar-refractivity contribution in [1.82, 2.24) is 5.43 Å². The number of hydrogen-bond acceptors (Lipinski definition) is 6. The number of halogens is 1. The van der Waals surface area contributed by atoms with E-state index in [9.17, 15) is 9.59 Å². The summed E-state index contributed by atoms with van der Waals surface area (Å²) in [7, 11) is 3.02. The van der Waals surface area contributed by atoms with E-state index in [2.05, 4.69) is 26.5 Å². The van der Waals surface area contributed by atoms with Gasteiger partial charge >= 0.3 is 5.97 Å². The van der Waals surface area contributed by atoms with Crippen LogP contribution in [0.15, 0.2) is 76.3 Å². The van der Waals surface area contributed by atoms with Gasteiger partial charge in [-0.05, 0) is 66.2 Å². The van der Waals surface area contributed by atoms with E-state index < -0.39 is 5.97 Å². The van der Waals surface area contributed by atoms with Crippen molar-refractivity contribution in [2.24, 2.45) is 5.10 Å². The zero-order chi connectivity index (χ0) is 22.2. The van der Waals surface area contributed by atoms with Gasteiger partial charge in [0.15, 0.2) is 11.5 Å². The van der Waals surface area contributed by atoms with E-state index in [1.165, 1.54) is 20.4 Å². The molecular formula is C23H19BrN2O5. The number of methoxy groups -OCH3 is 2. The molecule has 0 unspecified atom stereocenters. The Hall–Kier alpha value is -3.65. The molecule has 0 bridgehead atoms. The van der Waals surface area contributed by atoms with Crippen LogP contribution in [0.3, 0.4) is 0 Å². The van der Waals surface area contributed by atoms with Crippen LogP contribution in [0.4, 0.5) is 0 Å². The predicted molar refractivity (Wildman–Crippen MR) is 120 cm³/mol. The van der Waals surface area contributed by atoms with E-state index in [0.717, 1.165) is 10.0 Å². The van der Waals surface area contributed by atoms with Crippen LogP contribution in [0.5, 0.6) is 17.2 Å². The van der Waals surface area contributed by atoms with Crippen LogP contribution in [0.1, 0.15) is 26.3 Å². The predicted octanol–water partition coefficient (Wildman–Crippen LogP) is 4.45. The molecule has 1 amide bonds. The molecule has 0 aliphatic heterocycles. The fourth-order valence-electron chi connectivity index (χ4n) is 2.61. The van der Waals surface area contributed by atoms with Crippen LogP contribution < -0.4 is 19.6 Å². The zero-order valence-electron chi connectivity index (χ0n) is 16.8. The van der Waals surface area contributed by atoms with Crippen LogP contribution in [0.25, 0.3) is 0 Å². The first-order valence-electron chi connectivity index (χ1n) is 9.13. The first-order valence-corrected chi connectivity index (χ1v) is 9.92. The maximum atomic E-state index is 12.4. The zero-order valence-corrected chi connectivity index (χ0v) is 18.4. The molecule has 0 aliphatic carbocycles. The first kappa shape index (κ1) is 22.0. The molecule has 8 heteroatoms. The molecule has 0 saturated carbocycles. The number of rotatable bonds is 7. The molecule has 0 fully saturated rings. The minimum Gasteiger partial charge on any atom is -0.493 e. The maximum Gasteiger partial charge on any atom is 0.343 e. The number of carbonyl (C=O) groups is 2. The number of ether oxygens (including phenoxy) is 3. The van der Waals surface area contributed by atoms with Crippen molar-refractivity contribution in [3.63, 3.8) is 0 Å². The van der Waals surface area contributed by atoms with E-state index >= 15 is 0 Å². The number of carbonyl (C=O) groups excluding carboxylic acids is 2. The summed E-state index contributed by atoms with van der Waals surface area (Å²) in [6.07, 6.45) is 1.50. The Morgan fingerprint density at radius 1 is 0.903 bits per heavy atom. The summed E-state index contributed by atoms with van der Waals surface area (Å²) in [5, 5.41) is 3.95. The third-order valence-electron chi connectivity index (χ3n) is 4.18. The van der Waals surface area contributed by atoms with Gasteiger partial charge < -0.3 is 14.2 Å². The van der Waals surface area contributed by atoms with E-state index in [4.69, 9.17) is 14.2 Å². The van der Waals surface area contributed by atoms with Gasteiger partial charge in [0, 0.05) is 10.0 Å². The standard InChI is InChI=1S/C23H19BrN2O5/c1-29-20-11-8-17(13-21(20)30-2)23(28)31-19-9-6-15(7-10-19)14-25-26-22(27)16-4-3-5-18(24)12-16/h3-14H,1-2H3,(H,26,27). The number of amides is 1. The molecule has 0 aliphatic rings. The molecule has 3 aromatic carbocycles. The van der Waals surface area contributed by atoms with Crippen molar-refractivity contribution >= 4 is 34.0 Å². The lowest BCUT2D eigenvalue weighted by molar-refractivity contribution is 0.0734. The summed E-state index contributed by atoms with van der Waals surface area (Å²) in [6.45, 7) is 0. The number of esters is 1. The van der Waals surface area contributed by atoms with Gasteiger partial charge in [0.2, 0.25) is 0 Å². The lowest BCUT2D eigenvalue weighted by Gasteiger charge is -2.09. The second-order valence-electron chi connectivity index (χ2n) is 6.24. The highest BCUT2D eigenvalue weighted by Gasteiger charge is 2.13. The topological polar surface area (TPSA) is 86.2 Å². The average Bonchev–Trinajstić information content (AvgIpc) is 2.79. The van der Waals surface area contributed by atoms with Gasteiger partial charge in [0.05, 0.1) is 26.0 Å². The Morgan fingerprint density at radius 3 is 2.32 bits per heavy atom. The van der Waals surface area contributed by atoms with E-state index in [1.807, 2.05) is 6.07 Å². The molecule has 0 aromatic heterocycles. The summed E-state index contributed by atoms with van der Waals surface area (Å²) < 4.78 is 16.6. The summed E-state index contributed by atoms with van der Waals surface area (Å²) in [5.74, 6) is 0.486. The van der Waals surface area contributed by atoms with Crippen molar-refractivity contribution in [3.8, 4) is 17.2 Å². The van der Waals surface area contributed by atoms with Crippen molar-refractivity contribution < 1.29 is 23.8 Å². The number of nitrogens with one attached hydrogen (secondary N) is 1. The third-order valence-corrected chi connectivity index (χ3v) is 4.67. The smallest absolute Gasteiger partial charge is 0.343 e. The summed E-state index contributed by atoms with van der Waals surface area (Å²) >= 11 is 3.32. The Bertz CT molecular complexity index is 1110. The molecule has 158 valence electrons. The Kier molecular flexibility index (Phi) is 7.40. The van der Waals surface area contributed by atoms with Gasteiger partial charge in [-0.15, -0.1) is 0 Å². The van der Waals surface area contributed by atoms with Crippen LogP contribution in [-0.4, -0.2) is 32.3 Å². The number of nitrogens with zero attached hydrogens (tertiary/aromatic N) is 1. The van der Waals surface area contributed by atoms with E-state index in [-0.39, 0.29) is 5.91 Å². The second-order valence-corrected chi connectivity index (χ2v) is 7.15. The SMILES string of the molecule is COc1ccc(C(=O)Oc2ccc(C=NNC(=O)c3cccc(Br)c3)cc2)cc1OC. The van der Waals surface area contributed by atoms with Gasteiger partial charge in [-0.1, -0.05) is 22.0 Å². The van der Waals surface area contributed by atoms with Crippen molar-refractivity contribution in [1.29, 1.82) is 0 Å². The molecule has 3 aromatic rings. The van der Waals surface area contributed by atoms with Gasteiger partial charge in [-0.2, -0.15) is 5.10 Å². The molecule has 7 nitrogen and oxygen atoms in total. The number of hydrazone groups is 1. The van der Waals surface area contributed by atoms with Crippen molar-refractivity contribution in [3.05, 3.63) is 87.9 Å². The number of hydrogen-bond donors (Lipinski definition) is 1. The quantitative estimate of drug-likeness (QED) is 0.232. The maximum absolute atomic E-state index is 12.4. The van der Waals surface area contributed by atoms with Crippen LogP contribution >= 0.6 is 15.9 Å². The molecule has 1 N–H and O–H groups in total. The third kappa shape index (κ3) is 5.93. The fourth-order valence-corrected chi connectivity index (χ4v) is 3.01. The lowest BCUT2D eigenvalue weighted by atomic mass is 10.2. The molecule has 0 spiro atoms.